The first-order valence-corrected chi connectivity index (χ1v) is 7.86. The van der Waals surface area contributed by atoms with Gasteiger partial charge in [0.25, 0.3) is 5.91 Å². The standard InChI is InChI=1S/C18H19ClN2O3/c1-12(22)21-16-11-13(7-8-17(16)24-2)9-10-20-18(23)14-5-3-4-6-15(14)19/h3-8,11H,9-10H2,1-2H3,(H,20,23)(H,21,22). The first-order chi connectivity index (χ1) is 11.5. The summed E-state index contributed by atoms with van der Waals surface area (Å²) in [7, 11) is 1.55. The molecule has 6 heteroatoms. The van der Waals surface area contributed by atoms with Gasteiger partial charge in [-0.2, -0.15) is 0 Å². The molecule has 24 heavy (non-hydrogen) atoms. The van der Waals surface area contributed by atoms with E-state index in [0.717, 1.165) is 5.56 Å². The third kappa shape index (κ3) is 4.73. The normalized spacial score (nSPS) is 10.1. The van der Waals surface area contributed by atoms with Crippen LogP contribution in [-0.2, 0) is 11.2 Å². The summed E-state index contributed by atoms with van der Waals surface area (Å²) in [6, 6.07) is 12.4. The van der Waals surface area contributed by atoms with Crippen LogP contribution in [0.4, 0.5) is 5.69 Å². The number of ether oxygens (including phenoxy) is 1. The molecule has 5 nitrogen and oxygen atoms in total. The van der Waals surface area contributed by atoms with Crippen LogP contribution in [-0.4, -0.2) is 25.5 Å². The Balaban J connectivity index is 1.98. The summed E-state index contributed by atoms with van der Waals surface area (Å²) < 4.78 is 5.22. The summed E-state index contributed by atoms with van der Waals surface area (Å²) >= 11 is 6.00. The lowest BCUT2D eigenvalue weighted by molar-refractivity contribution is -0.114. The lowest BCUT2D eigenvalue weighted by atomic mass is 10.1. The van der Waals surface area contributed by atoms with Gasteiger partial charge in [-0.1, -0.05) is 29.8 Å². The largest absolute Gasteiger partial charge is 0.495 e. The molecule has 0 saturated heterocycles. The van der Waals surface area contributed by atoms with Crippen LogP contribution >= 0.6 is 11.6 Å². The molecule has 0 atom stereocenters. The van der Waals surface area contributed by atoms with E-state index in [2.05, 4.69) is 10.6 Å². The first kappa shape index (κ1) is 17.8. The van der Waals surface area contributed by atoms with Crippen molar-refractivity contribution in [2.75, 3.05) is 19.0 Å². The molecular weight excluding hydrogens is 328 g/mol. The van der Waals surface area contributed by atoms with Gasteiger partial charge in [-0.15, -0.1) is 0 Å². The Morgan fingerprint density at radius 3 is 2.58 bits per heavy atom. The second-order valence-electron chi connectivity index (χ2n) is 5.20. The average molecular weight is 347 g/mol. The molecule has 0 spiro atoms. The average Bonchev–Trinajstić information content (AvgIpc) is 2.55. The van der Waals surface area contributed by atoms with Gasteiger partial charge in [0.2, 0.25) is 5.91 Å². The van der Waals surface area contributed by atoms with E-state index in [1.807, 2.05) is 12.1 Å². The second kappa shape index (κ2) is 8.36. The molecule has 0 aliphatic heterocycles. The zero-order valence-corrected chi connectivity index (χ0v) is 14.3. The number of rotatable bonds is 6. The Hall–Kier alpha value is -2.53. The van der Waals surface area contributed by atoms with Crippen LogP contribution in [0, 0.1) is 0 Å². The minimum Gasteiger partial charge on any atom is -0.495 e. The van der Waals surface area contributed by atoms with E-state index in [0.29, 0.717) is 35.0 Å². The SMILES string of the molecule is COc1ccc(CCNC(=O)c2ccccc2Cl)cc1NC(C)=O. The fourth-order valence-electron chi connectivity index (χ4n) is 2.26. The van der Waals surface area contributed by atoms with Crippen molar-refractivity contribution in [2.24, 2.45) is 0 Å². The van der Waals surface area contributed by atoms with Crippen LogP contribution in [0.2, 0.25) is 5.02 Å². The summed E-state index contributed by atoms with van der Waals surface area (Å²) in [4.78, 5) is 23.3. The van der Waals surface area contributed by atoms with Crippen molar-refractivity contribution in [3.8, 4) is 5.75 Å². The predicted molar refractivity (Wildman–Crippen MR) is 94.8 cm³/mol. The highest BCUT2D eigenvalue weighted by atomic mass is 35.5. The molecule has 2 aromatic carbocycles. The number of carbonyl (C=O) groups excluding carboxylic acids is 2. The second-order valence-corrected chi connectivity index (χ2v) is 5.61. The van der Waals surface area contributed by atoms with E-state index < -0.39 is 0 Å². The molecule has 0 saturated carbocycles. The molecule has 0 radical (unpaired) electrons. The number of hydrogen-bond donors (Lipinski definition) is 2. The van der Waals surface area contributed by atoms with Crippen molar-refractivity contribution in [3.05, 3.63) is 58.6 Å². The monoisotopic (exact) mass is 346 g/mol. The maximum Gasteiger partial charge on any atom is 0.252 e. The zero-order chi connectivity index (χ0) is 17.5. The smallest absolute Gasteiger partial charge is 0.252 e. The molecule has 0 aliphatic carbocycles. The minimum atomic E-state index is -0.212. The number of methoxy groups -OCH3 is 1. The third-order valence-electron chi connectivity index (χ3n) is 3.39. The molecule has 0 unspecified atom stereocenters. The Labute approximate surface area is 146 Å². The van der Waals surface area contributed by atoms with E-state index in [-0.39, 0.29) is 11.8 Å². The van der Waals surface area contributed by atoms with Gasteiger partial charge in [0.15, 0.2) is 0 Å². The molecule has 2 rings (SSSR count). The molecule has 2 N–H and O–H groups in total. The van der Waals surface area contributed by atoms with E-state index in [4.69, 9.17) is 16.3 Å². The lowest BCUT2D eigenvalue weighted by Gasteiger charge is -2.11. The minimum absolute atomic E-state index is 0.169. The molecule has 0 aromatic heterocycles. The molecule has 0 fully saturated rings. The number of nitrogens with one attached hydrogen (secondary N) is 2. The molecule has 2 aromatic rings. The van der Waals surface area contributed by atoms with E-state index >= 15 is 0 Å². The fourth-order valence-corrected chi connectivity index (χ4v) is 2.48. The molecule has 2 amide bonds. The van der Waals surface area contributed by atoms with Gasteiger partial charge in [-0.3, -0.25) is 9.59 Å². The van der Waals surface area contributed by atoms with Crippen LogP contribution in [0.25, 0.3) is 0 Å². The van der Waals surface area contributed by atoms with Crippen LogP contribution in [0.15, 0.2) is 42.5 Å². The van der Waals surface area contributed by atoms with Gasteiger partial charge < -0.3 is 15.4 Å². The number of hydrogen-bond acceptors (Lipinski definition) is 3. The van der Waals surface area contributed by atoms with Crippen molar-refractivity contribution in [1.29, 1.82) is 0 Å². The number of benzene rings is 2. The summed E-state index contributed by atoms with van der Waals surface area (Å²) in [6.07, 6.45) is 0.618. The van der Waals surface area contributed by atoms with E-state index in [1.54, 1.807) is 37.4 Å². The first-order valence-electron chi connectivity index (χ1n) is 7.48. The Kier molecular flexibility index (Phi) is 6.21. The third-order valence-corrected chi connectivity index (χ3v) is 3.72. The van der Waals surface area contributed by atoms with Crippen molar-refractivity contribution in [3.63, 3.8) is 0 Å². The highest BCUT2D eigenvalue weighted by molar-refractivity contribution is 6.33. The molecular formula is C18H19ClN2O3. The Bertz CT molecular complexity index is 747. The molecule has 126 valence electrons. The Morgan fingerprint density at radius 1 is 1.17 bits per heavy atom. The highest BCUT2D eigenvalue weighted by Gasteiger charge is 2.09. The summed E-state index contributed by atoms with van der Waals surface area (Å²) in [5.41, 5.74) is 2.03. The van der Waals surface area contributed by atoms with Crippen LogP contribution in [0.5, 0.6) is 5.75 Å². The van der Waals surface area contributed by atoms with Crippen LogP contribution in [0.3, 0.4) is 0 Å². The van der Waals surface area contributed by atoms with Gasteiger partial charge in [0, 0.05) is 13.5 Å². The van der Waals surface area contributed by atoms with Crippen molar-refractivity contribution in [2.45, 2.75) is 13.3 Å². The quantitative estimate of drug-likeness (QED) is 0.843. The molecule has 0 aliphatic rings. The van der Waals surface area contributed by atoms with Crippen LogP contribution in [0.1, 0.15) is 22.8 Å². The van der Waals surface area contributed by atoms with Gasteiger partial charge in [-0.05, 0) is 36.2 Å². The van der Waals surface area contributed by atoms with E-state index in [1.165, 1.54) is 6.92 Å². The summed E-state index contributed by atoms with van der Waals surface area (Å²) in [5.74, 6) is 0.211. The van der Waals surface area contributed by atoms with Crippen LogP contribution < -0.4 is 15.4 Å². The maximum absolute atomic E-state index is 12.1. The highest BCUT2D eigenvalue weighted by Crippen LogP contribution is 2.25. The summed E-state index contributed by atoms with van der Waals surface area (Å²) in [6.45, 7) is 1.89. The van der Waals surface area contributed by atoms with Crippen molar-refractivity contribution < 1.29 is 14.3 Å². The van der Waals surface area contributed by atoms with Crippen molar-refractivity contribution >= 4 is 29.1 Å². The number of amides is 2. The summed E-state index contributed by atoms with van der Waals surface area (Å²) in [5, 5.41) is 5.99. The topological polar surface area (TPSA) is 67.4 Å². The number of halogens is 1. The number of anilines is 1. The molecule has 0 bridgehead atoms. The van der Waals surface area contributed by atoms with Crippen molar-refractivity contribution in [1.82, 2.24) is 5.32 Å². The fraction of sp³-hybridized carbons (Fsp3) is 0.222. The van der Waals surface area contributed by atoms with Gasteiger partial charge in [-0.25, -0.2) is 0 Å². The molecule has 0 heterocycles. The van der Waals surface area contributed by atoms with Gasteiger partial charge >= 0.3 is 0 Å². The number of carbonyl (C=O) groups is 2. The Morgan fingerprint density at radius 2 is 1.92 bits per heavy atom. The van der Waals surface area contributed by atoms with Gasteiger partial charge in [0.1, 0.15) is 5.75 Å². The maximum atomic E-state index is 12.1. The predicted octanol–water partition coefficient (Wildman–Crippen LogP) is 3.28. The lowest BCUT2D eigenvalue weighted by Crippen LogP contribution is -2.26. The van der Waals surface area contributed by atoms with Gasteiger partial charge in [0.05, 0.1) is 23.4 Å². The zero-order valence-electron chi connectivity index (χ0n) is 13.6. The van der Waals surface area contributed by atoms with E-state index in [9.17, 15) is 9.59 Å².